The van der Waals surface area contributed by atoms with E-state index in [0.29, 0.717) is 54.1 Å². The first-order valence-electron chi connectivity index (χ1n) is 8.85. The van der Waals surface area contributed by atoms with Crippen molar-refractivity contribution < 1.29 is 13.2 Å². The van der Waals surface area contributed by atoms with Crippen LogP contribution in [0.5, 0.6) is 0 Å². The van der Waals surface area contributed by atoms with E-state index >= 15 is 0 Å². The topological polar surface area (TPSA) is 84.4 Å². The van der Waals surface area contributed by atoms with Crippen LogP contribution in [0.4, 0.5) is 5.82 Å². The summed E-state index contributed by atoms with van der Waals surface area (Å²) >= 11 is 6.03. The predicted octanol–water partition coefficient (Wildman–Crippen LogP) is 2.92. The largest absolute Gasteiger partial charge is 0.379 e. The number of rotatable bonds is 5. The number of hydrogen-bond donors (Lipinski definition) is 1. The number of aromatic nitrogens is 2. The molecule has 2 aromatic carbocycles. The van der Waals surface area contributed by atoms with Crippen LogP contribution in [0.2, 0.25) is 5.02 Å². The quantitative estimate of drug-likeness (QED) is 0.685. The molecule has 4 rings (SSSR count). The van der Waals surface area contributed by atoms with Gasteiger partial charge in [-0.1, -0.05) is 29.8 Å². The smallest absolute Gasteiger partial charge is 0.243 e. The molecule has 7 nitrogen and oxygen atoms in total. The Kier molecular flexibility index (Phi) is 5.45. The van der Waals surface area contributed by atoms with Crippen molar-refractivity contribution in [2.24, 2.45) is 0 Å². The molecule has 3 aromatic rings. The maximum atomic E-state index is 13.1. The van der Waals surface area contributed by atoms with Gasteiger partial charge in [0.05, 0.1) is 23.6 Å². The lowest BCUT2D eigenvalue weighted by Gasteiger charge is -2.27. The summed E-state index contributed by atoms with van der Waals surface area (Å²) in [7, 11) is -3.58. The van der Waals surface area contributed by atoms with Gasteiger partial charge in [0, 0.05) is 30.0 Å². The predicted molar refractivity (Wildman–Crippen MR) is 108 cm³/mol. The first-order chi connectivity index (χ1) is 13.6. The summed E-state index contributed by atoms with van der Waals surface area (Å²) in [5, 5.41) is 4.65. The first kappa shape index (κ1) is 19.1. The Morgan fingerprint density at radius 2 is 1.89 bits per heavy atom. The van der Waals surface area contributed by atoms with Crippen molar-refractivity contribution in [3.63, 3.8) is 0 Å². The van der Waals surface area contributed by atoms with Crippen LogP contribution >= 0.6 is 11.6 Å². The molecule has 1 aliphatic heterocycles. The monoisotopic (exact) mass is 418 g/mol. The van der Waals surface area contributed by atoms with Gasteiger partial charge in [-0.2, -0.15) is 4.31 Å². The highest BCUT2D eigenvalue weighted by atomic mass is 35.5. The normalized spacial score (nSPS) is 15.6. The van der Waals surface area contributed by atoms with Gasteiger partial charge in [0.15, 0.2) is 0 Å². The van der Waals surface area contributed by atoms with Crippen LogP contribution in [0.25, 0.3) is 10.9 Å². The lowest BCUT2D eigenvalue weighted by atomic mass is 10.2. The van der Waals surface area contributed by atoms with Crippen molar-refractivity contribution in [2.75, 3.05) is 31.6 Å². The van der Waals surface area contributed by atoms with Crippen LogP contribution in [0.15, 0.2) is 53.7 Å². The third kappa shape index (κ3) is 3.81. The van der Waals surface area contributed by atoms with Gasteiger partial charge < -0.3 is 10.1 Å². The van der Waals surface area contributed by atoms with Crippen molar-refractivity contribution in [3.8, 4) is 0 Å². The SMILES string of the molecule is O=S(=O)(c1ccccc1CNc1ncnc2cc(Cl)ccc12)N1CCOCC1. The lowest BCUT2D eigenvalue weighted by molar-refractivity contribution is 0.0730. The second kappa shape index (κ2) is 8.00. The van der Waals surface area contributed by atoms with E-state index < -0.39 is 10.0 Å². The molecule has 0 unspecified atom stereocenters. The second-order valence-electron chi connectivity index (χ2n) is 6.36. The maximum absolute atomic E-state index is 13.1. The zero-order chi connectivity index (χ0) is 19.6. The molecule has 1 fully saturated rings. The summed E-state index contributed by atoms with van der Waals surface area (Å²) in [4.78, 5) is 8.81. The third-order valence-corrected chi connectivity index (χ3v) is 6.84. The summed E-state index contributed by atoms with van der Waals surface area (Å²) in [6, 6.07) is 12.4. The Hall–Kier alpha value is -2.26. The number of benzene rings is 2. The molecule has 0 spiro atoms. The molecule has 0 atom stereocenters. The van der Waals surface area contributed by atoms with Crippen LogP contribution in [-0.4, -0.2) is 49.0 Å². The van der Waals surface area contributed by atoms with E-state index in [0.717, 1.165) is 10.9 Å². The summed E-state index contributed by atoms with van der Waals surface area (Å²) in [6.07, 6.45) is 1.46. The molecule has 0 radical (unpaired) electrons. The molecule has 0 saturated carbocycles. The molecule has 0 amide bonds. The Morgan fingerprint density at radius 3 is 2.71 bits per heavy atom. The van der Waals surface area contributed by atoms with Gasteiger partial charge >= 0.3 is 0 Å². The number of hydrogen-bond acceptors (Lipinski definition) is 6. The van der Waals surface area contributed by atoms with Crippen molar-refractivity contribution in [3.05, 3.63) is 59.4 Å². The van der Waals surface area contributed by atoms with Gasteiger partial charge in [-0.05, 0) is 29.8 Å². The van der Waals surface area contributed by atoms with E-state index in [2.05, 4.69) is 15.3 Å². The Morgan fingerprint density at radius 1 is 1.11 bits per heavy atom. The van der Waals surface area contributed by atoms with E-state index in [1.807, 2.05) is 12.1 Å². The van der Waals surface area contributed by atoms with Gasteiger partial charge in [-0.25, -0.2) is 18.4 Å². The standard InChI is InChI=1S/C19H19ClN4O3S/c20-15-5-6-16-17(11-15)22-13-23-19(16)21-12-14-3-1-2-4-18(14)28(25,26)24-7-9-27-10-8-24/h1-6,11,13H,7-10,12H2,(H,21,22,23). The Bertz CT molecular complexity index is 1100. The van der Waals surface area contributed by atoms with E-state index in [4.69, 9.17) is 16.3 Å². The number of morpholine rings is 1. The minimum atomic E-state index is -3.58. The van der Waals surface area contributed by atoms with Crippen LogP contribution in [0.1, 0.15) is 5.56 Å². The number of nitrogens with zero attached hydrogens (tertiary/aromatic N) is 3. The van der Waals surface area contributed by atoms with E-state index in [1.54, 1.807) is 30.3 Å². The number of anilines is 1. The summed E-state index contributed by atoms with van der Waals surface area (Å²) < 4.78 is 32.9. The van der Waals surface area contributed by atoms with E-state index in [9.17, 15) is 8.42 Å². The molecule has 0 aliphatic carbocycles. The van der Waals surface area contributed by atoms with E-state index in [-0.39, 0.29) is 0 Å². The molecular formula is C19H19ClN4O3S. The molecule has 0 bridgehead atoms. The Balaban J connectivity index is 1.62. The maximum Gasteiger partial charge on any atom is 0.243 e. The second-order valence-corrected chi connectivity index (χ2v) is 8.70. The highest BCUT2D eigenvalue weighted by Gasteiger charge is 2.28. The minimum absolute atomic E-state index is 0.297. The molecule has 146 valence electrons. The van der Waals surface area contributed by atoms with Crippen LogP contribution in [-0.2, 0) is 21.3 Å². The van der Waals surface area contributed by atoms with Crippen LogP contribution in [0, 0.1) is 0 Å². The van der Waals surface area contributed by atoms with Gasteiger partial charge in [-0.3, -0.25) is 0 Å². The molecule has 9 heteroatoms. The number of ether oxygens (including phenoxy) is 1. The fraction of sp³-hybridized carbons (Fsp3) is 0.263. The average molecular weight is 419 g/mol. The molecule has 1 N–H and O–H groups in total. The van der Waals surface area contributed by atoms with Crippen LogP contribution in [0.3, 0.4) is 0 Å². The highest BCUT2D eigenvalue weighted by Crippen LogP contribution is 2.25. The number of nitrogens with one attached hydrogen (secondary N) is 1. The minimum Gasteiger partial charge on any atom is -0.379 e. The lowest BCUT2D eigenvalue weighted by Crippen LogP contribution is -2.41. The fourth-order valence-corrected chi connectivity index (χ4v) is 4.97. The first-order valence-corrected chi connectivity index (χ1v) is 10.7. The van der Waals surface area contributed by atoms with Gasteiger partial charge in [0.2, 0.25) is 10.0 Å². The summed E-state index contributed by atoms with van der Waals surface area (Å²) in [6.45, 7) is 1.86. The number of sulfonamides is 1. The molecule has 28 heavy (non-hydrogen) atoms. The summed E-state index contributed by atoms with van der Waals surface area (Å²) in [5.74, 6) is 0.625. The number of halogens is 1. The van der Waals surface area contributed by atoms with Crippen molar-refractivity contribution >= 4 is 38.3 Å². The zero-order valence-electron chi connectivity index (χ0n) is 15.0. The van der Waals surface area contributed by atoms with Crippen molar-refractivity contribution in [1.82, 2.24) is 14.3 Å². The van der Waals surface area contributed by atoms with Gasteiger partial charge in [-0.15, -0.1) is 0 Å². The van der Waals surface area contributed by atoms with Crippen LogP contribution < -0.4 is 5.32 Å². The number of fused-ring (bicyclic) bond motifs is 1. The average Bonchev–Trinajstić information content (AvgIpc) is 2.72. The fourth-order valence-electron chi connectivity index (χ4n) is 3.18. The Labute approximate surface area is 168 Å². The summed E-state index contributed by atoms with van der Waals surface area (Å²) in [5.41, 5.74) is 1.40. The molecular weight excluding hydrogens is 400 g/mol. The zero-order valence-corrected chi connectivity index (χ0v) is 16.6. The molecule has 1 aliphatic rings. The van der Waals surface area contributed by atoms with Crippen molar-refractivity contribution in [2.45, 2.75) is 11.4 Å². The highest BCUT2D eigenvalue weighted by molar-refractivity contribution is 7.89. The molecule has 2 heterocycles. The third-order valence-electron chi connectivity index (χ3n) is 4.61. The van der Waals surface area contributed by atoms with Gasteiger partial charge in [0.1, 0.15) is 12.1 Å². The van der Waals surface area contributed by atoms with E-state index in [1.165, 1.54) is 10.6 Å². The molecule has 1 aromatic heterocycles. The molecule has 1 saturated heterocycles. The van der Waals surface area contributed by atoms with Gasteiger partial charge in [0.25, 0.3) is 0 Å². The van der Waals surface area contributed by atoms with Crippen molar-refractivity contribution in [1.29, 1.82) is 0 Å².